The molecule has 0 aliphatic heterocycles. The van der Waals surface area contributed by atoms with Gasteiger partial charge in [0.2, 0.25) is 10.3 Å². The molecule has 0 spiro atoms. The van der Waals surface area contributed by atoms with Crippen molar-refractivity contribution in [2.45, 2.75) is 8.68 Å². The first-order valence-corrected chi connectivity index (χ1v) is 13.6. The van der Waals surface area contributed by atoms with Crippen LogP contribution in [0.25, 0.3) is 0 Å². The molecular weight excluding hydrogens is 545 g/mol. The third-order valence-electron chi connectivity index (χ3n) is 3.96. The molecule has 4 N–H and O–H groups in total. The molecule has 0 saturated carbocycles. The molecule has 2 aromatic heterocycles. The summed E-state index contributed by atoms with van der Waals surface area (Å²) in [6, 6.07) is 15.2. The molecule has 0 saturated heterocycles. The van der Waals surface area contributed by atoms with Gasteiger partial charge >= 0.3 is 12.1 Å². The molecule has 182 valence electrons. The second-order valence-electron chi connectivity index (χ2n) is 6.46. The van der Waals surface area contributed by atoms with Crippen LogP contribution in [-0.2, 0) is 0 Å². The minimum atomic E-state index is -0.729. The fourth-order valence-electron chi connectivity index (χ4n) is 2.45. The van der Waals surface area contributed by atoms with Crippen LogP contribution < -0.4 is 21.3 Å². The first kappa shape index (κ1) is 25.2. The van der Waals surface area contributed by atoms with Gasteiger partial charge in [-0.1, -0.05) is 59.1 Å². The van der Waals surface area contributed by atoms with E-state index in [0.29, 0.717) is 19.8 Å². The van der Waals surface area contributed by atoms with Crippen LogP contribution in [0.1, 0.15) is 20.7 Å². The van der Waals surface area contributed by atoms with Crippen LogP contribution >= 0.6 is 44.3 Å². The van der Waals surface area contributed by atoms with Gasteiger partial charge in [-0.05, 0) is 45.9 Å². The summed E-state index contributed by atoms with van der Waals surface area (Å²) in [6.07, 6.45) is 0. The Morgan fingerprint density at radius 2 is 0.972 bits per heavy atom. The van der Waals surface area contributed by atoms with Crippen molar-refractivity contribution in [1.29, 1.82) is 0 Å². The van der Waals surface area contributed by atoms with Gasteiger partial charge < -0.3 is 0 Å². The summed E-state index contributed by atoms with van der Waals surface area (Å²) >= 11 is 2.20. The number of nitrogens with one attached hydrogen (secondary N) is 4. The van der Waals surface area contributed by atoms with Gasteiger partial charge in [0, 0.05) is 11.1 Å². The van der Waals surface area contributed by atoms with Crippen molar-refractivity contribution in [3.05, 3.63) is 71.8 Å². The van der Waals surface area contributed by atoms with Crippen LogP contribution in [0.4, 0.5) is 19.9 Å². The summed E-state index contributed by atoms with van der Waals surface area (Å²) in [5, 5.41) is 25.4. The third-order valence-corrected chi connectivity index (χ3v) is 8.59. The molecule has 16 heteroatoms. The average Bonchev–Trinajstić information content (AvgIpc) is 3.52. The number of hydrogen-bond donors (Lipinski definition) is 4. The lowest BCUT2D eigenvalue weighted by molar-refractivity contribution is 0.0957. The van der Waals surface area contributed by atoms with Gasteiger partial charge in [-0.3, -0.25) is 30.9 Å². The molecule has 0 aliphatic rings. The highest BCUT2D eigenvalue weighted by atomic mass is 33.1. The molecule has 0 bridgehead atoms. The zero-order valence-corrected chi connectivity index (χ0v) is 21.1. The van der Waals surface area contributed by atoms with Gasteiger partial charge in [0.15, 0.2) is 8.68 Å². The molecule has 36 heavy (non-hydrogen) atoms. The highest BCUT2D eigenvalue weighted by Gasteiger charge is 2.15. The van der Waals surface area contributed by atoms with Crippen LogP contribution in [0.5, 0.6) is 0 Å². The number of nitrogens with zero attached hydrogens (tertiary/aromatic N) is 4. The molecule has 0 atom stereocenters. The Morgan fingerprint density at radius 1 is 0.583 bits per heavy atom. The van der Waals surface area contributed by atoms with Gasteiger partial charge in [0.25, 0.3) is 11.8 Å². The summed E-state index contributed by atoms with van der Waals surface area (Å²) in [6.45, 7) is 0. The zero-order valence-electron chi connectivity index (χ0n) is 17.8. The van der Waals surface area contributed by atoms with E-state index in [-0.39, 0.29) is 10.3 Å². The highest BCUT2D eigenvalue weighted by molar-refractivity contribution is 8.77. The Kier molecular flexibility index (Phi) is 8.56. The molecule has 0 aliphatic carbocycles. The van der Waals surface area contributed by atoms with Crippen molar-refractivity contribution in [2.24, 2.45) is 0 Å². The average molecular weight is 559 g/mol. The molecule has 2 aromatic carbocycles. The van der Waals surface area contributed by atoms with Crippen molar-refractivity contribution in [3.63, 3.8) is 0 Å². The molecule has 4 rings (SSSR count). The standard InChI is InChI=1S/C20H14N8O4S4/c29-13(11-7-3-1-4-8-11)21-15(31)23-17-25-27-19(33-17)35-36-20-28-26-18(34-20)24-16(32)22-14(30)12-9-5-2-6-10-12/h1-10H,(H2,21,23,25,29,31)(H2,22,24,26,30,32). The second kappa shape index (κ2) is 12.2. The number of carbonyl (C=O) groups excluding carboxylic acids is 4. The van der Waals surface area contributed by atoms with E-state index in [4.69, 9.17) is 0 Å². The monoisotopic (exact) mass is 558 g/mol. The minimum Gasteiger partial charge on any atom is -0.282 e. The van der Waals surface area contributed by atoms with Crippen molar-refractivity contribution >= 4 is 78.4 Å². The number of aromatic nitrogens is 4. The maximum absolute atomic E-state index is 12.0. The second-order valence-corrected chi connectivity index (χ2v) is 11.0. The van der Waals surface area contributed by atoms with Gasteiger partial charge in [0.05, 0.1) is 0 Å². The van der Waals surface area contributed by atoms with E-state index < -0.39 is 23.9 Å². The number of benzene rings is 2. The fraction of sp³-hybridized carbons (Fsp3) is 0. The molecule has 6 amide bonds. The van der Waals surface area contributed by atoms with E-state index in [1.807, 2.05) is 0 Å². The van der Waals surface area contributed by atoms with E-state index in [2.05, 4.69) is 41.7 Å². The van der Waals surface area contributed by atoms with E-state index in [1.165, 1.54) is 21.6 Å². The summed E-state index contributed by atoms with van der Waals surface area (Å²) in [5.74, 6) is -1.08. The van der Waals surface area contributed by atoms with Crippen molar-refractivity contribution in [1.82, 2.24) is 31.0 Å². The SMILES string of the molecule is O=C(NC(=O)c1ccccc1)Nc1nnc(SSc2nnc(NC(=O)NC(=O)c3ccccc3)s2)s1. The highest BCUT2D eigenvalue weighted by Crippen LogP contribution is 2.41. The van der Waals surface area contributed by atoms with Gasteiger partial charge in [-0.15, -0.1) is 20.4 Å². The van der Waals surface area contributed by atoms with Gasteiger partial charge in [-0.25, -0.2) is 9.59 Å². The number of rotatable bonds is 7. The van der Waals surface area contributed by atoms with Crippen LogP contribution in [0.15, 0.2) is 69.3 Å². The quantitative estimate of drug-likeness (QED) is 0.191. The minimum absolute atomic E-state index is 0.204. The molecule has 4 aromatic rings. The first-order valence-electron chi connectivity index (χ1n) is 9.82. The summed E-state index contributed by atoms with van der Waals surface area (Å²) in [5.41, 5.74) is 0.701. The van der Waals surface area contributed by atoms with E-state index >= 15 is 0 Å². The lowest BCUT2D eigenvalue weighted by Crippen LogP contribution is -2.34. The molecule has 0 fully saturated rings. The number of anilines is 2. The summed E-state index contributed by atoms with van der Waals surface area (Å²) < 4.78 is 1.03. The number of urea groups is 2. The maximum atomic E-state index is 12.0. The molecule has 2 heterocycles. The Hall–Kier alpha value is -3.86. The number of carbonyl (C=O) groups is 4. The van der Waals surface area contributed by atoms with Crippen LogP contribution in [0, 0.1) is 0 Å². The zero-order chi connectivity index (χ0) is 25.3. The lowest BCUT2D eigenvalue weighted by Gasteiger charge is -2.03. The van der Waals surface area contributed by atoms with Crippen LogP contribution in [0.3, 0.4) is 0 Å². The van der Waals surface area contributed by atoms with Crippen molar-refractivity contribution in [3.8, 4) is 0 Å². The number of amides is 6. The third kappa shape index (κ3) is 7.32. The Bertz CT molecular complexity index is 1270. The predicted octanol–water partition coefficient (Wildman–Crippen LogP) is 4.11. The van der Waals surface area contributed by atoms with Crippen LogP contribution in [0.2, 0.25) is 0 Å². The molecule has 0 radical (unpaired) electrons. The van der Waals surface area contributed by atoms with Gasteiger partial charge in [-0.2, -0.15) is 0 Å². The van der Waals surface area contributed by atoms with E-state index in [0.717, 1.165) is 22.7 Å². The van der Waals surface area contributed by atoms with Crippen molar-refractivity contribution < 1.29 is 19.2 Å². The molecule has 12 nitrogen and oxygen atoms in total. The fourth-order valence-corrected chi connectivity index (χ4v) is 6.28. The number of hydrogen-bond acceptors (Lipinski definition) is 12. The van der Waals surface area contributed by atoms with E-state index in [1.54, 1.807) is 60.7 Å². The maximum Gasteiger partial charge on any atom is 0.328 e. The topological polar surface area (TPSA) is 168 Å². The van der Waals surface area contributed by atoms with Gasteiger partial charge in [0.1, 0.15) is 0 Å². The Labute approximate surface area is 219 Å². The predicted molar refractivity (Wildman–Crippen MR) is 137 cm³/mol. The Morgan fingerprint density at radius 3 is 1.36 bits per heavy atom. The first-order chi connectivity index (χ1) is 17.5. The number of imide groups is 2. The van der Waals surface area contributed by atoms with E-state index in [9.17, 15) is 19.2 Å². The molecular formula is C20H14N8O4S4. The smallest absolute Gasteiger partial charge is 0.282 e. The lowest BCUT2D eigenvalue weighted by atomic mass is 10.2. The summed E-state index contributed by atoms with van der Waals surface area (Å²) in [4.78, 5) is 48.1. The van der Waals surface area contributed by atoms with Crippen LogP contribution in [-0.4, -0.2) is 44.3 Å². The molecule has 0 unspecified atom stereocenters. The normalized spacial score (nSPS) is 10.3. The van der Waals surface area contributed by atoms with Crippen molar-refractivity contribution in [2.75, 3.05) is 10.6 Å². The Balaban J connectivity index is 1.22. The largest absolute Gasteiger partial charge is 0.328 e. The summed E-state index contributed by atoms with van der Waals surface area (Å²) in [7, 11) is 2.44.